The number of imidazole rings is 1. The number of rotatable bonds is 11. The third-order valence-corrected chi connectivity index (χ3v) is 8.51. The van der Waals surface area contributed by atoms with Gasteiger partial charge < -0.3 is 34.7 Å². The molecule has 13 nitrogen and oxygen atoms in total. The van der Waals surface area contributed by atoms with E-state index in [-0.39, 0.29) is 24.8 Å². The zero-order valence-electron chi connectivity index (χ0n) is 21.8. The topological polar surface area (TPSA) is 168 Å². The Bertz CT molecular complexity index is 1360. The van der Waals surface area contributed by atoms with E-state index in [4.69, 9.17) is 36.1 Å². The van der Waals surface area contributed by atoms with Gasteiger partial charge in [0.25, 0.3) is 0 Å². The van der Waals surface area contributed by atoms with Gasteiger partial charge in [-0.1, -0.05) is 18.2 Å². The lowest BCUT2D eigenvalue weighted by molar-refractivity contribution is -0.144. The SMILES string of the molecule is CCOC(=O)[C@@H](C)NP(=S)(OC[C@H]1O[C@@H](n2cnc3c(NC)nc(N)nc32)[C@](C)(F)[C@@H]1O)Oc1ccccc1. The molecule has 3 aromatic rings. The van der Waals surface area contributed by atoms with Gasteiger partial charge >= 0.3 is 12.6 Å². The number of aliphatic hydroxyl groups is 1. The van der Waals surface area contributed by atoms with Crippen molar-refractivity contribution in [2.45, 2.75) is 50.9 Å². The lowest BCUT2D eigenvalue weighted by Crippen LogP contribution is -2.41. The van der Waals surface area contributed by atoms with Gasteiger partial charge in [-0.3, -0.25) is 9.36 Å². The van der Waals surface area contributed by atoms with E-state index >= 15 is 4.39 Å². The van der Waals surface area contributed by atoms with E-state index in [1.807, 2.05) is 0 Å². The lowest BCUT2D eigenvalue weighted by atomic mass is 9.98. The minimum atomic E-state index is -3.43. The Balaban J connectivity index is 1.57. The zero-order chi connectivity index (χ0) is 28.4. The molecule has 1 aromatic carbocycles. The molecule has 1 unspecified atom stereocenters. The molecule has 1 aliphatic rings. The van der Waals surface area contributed by atoms with E-state index in [9.17, 15) is 9.90 Å². The summed E-state index contributed by atoms with van der Waals surface area (Å²) in [5.74, 6) is 0.159. The molecule has 3 heterocycles. The van der Waals surface area contributed by atoms with Gasteiger partial charge in [0.05, 0.1) is 19.5 Å². The average Bonchev–Trinajstić information content (AvgIpc) is 3.40. The summed E-state index contributed by atoms with van der Waals surface area (Å²) in [6.07, 6.45) is -2.77. The lowest BCUT2D eigenvalue weighted by Gasteiger charge is -2.28. The number of hydrogen-bond acceptors (Lipinski definition) is 12. The van der Waals surface area contributed by atoms with Crippen LogP contribution < -0.4 is 20.7 Å². The van der Waals surface area contributed by atoms with Crippen LogP contribution in [0.5, 0.6) is 5.75 Å². The van der Waals surface area contributed by atoms with Crippen molar-refractivity contribution in [3.8, 4) is 5.75 Å². The number of hydrogen-bond donors (Lipinski definition) is 4. The molecule has 212 valence electrons. The Hall–Kier alpha value is -2.94. The predicted molar refractivity (Wildman–Crippen MR) is 145 cm³/mol. The molecular formula is C23H31FN7O6PS. The first-order valence-corrected chi connectivity index (χ1v) is 14.8. The number of carbonyl (C=O) groups is 1. The highest BCUT2D eigenvalue weighted by Crippen LogP contribution is 2.48. The number of carbonyl (C=O) groups excluding carboxylic acids is 1. The van der Waals surface area contributed by atoms with Crippen LogP contribution in [0.25, 0.3) is 11.2 Å². The summed E-state index contributed by atoms with van der Waals surface area (Å²) in [4.78, 5) is 24.8. The van der Waals surface area contributed by atoms with Crippen molar-refractivity contribution in [1.82, 2.24) is 24.6 Å². The Morgan fingerprint density at radius 1 is 1.38 bits per heavy atom. The van der Waals surface area contributed by atoms with Crippen molar-refractivity contribution >= 4 is 47.3 Å². The summed E-state index contributed by atoms with van der Waals surface area (Å²) in [7, 11) is 1.64. The number of alkyl halides is 1. The number of nitrogens with zero attached hydrogens (tertiary/aromatic N) is 4. The standard InChI is InChI=1S/C23H31FN7O6PS/c1-5-34-20(33)13(2)30-38(39,37-14-9-7-6-8-10-14)35-11-15-17(32)23(3,24)21(36-15)31-12-27-16-18(26-4)28-22(25)29-19(16)31/h6-10,12-13,15,17,21,32H,5,11H2,1-4H3,(H,30,39)(H3,25,26,28,29)/t13-,15-,17-,21-,23-,38?/m1/s1. The van der Waals surface area contributed by atoms with Gasteiger partial charge in [0.15, 0.2) is 28.9 Å². The molecule has 6 atom stereocenters. The fourth-order valence-corrected chi connectivity index (χ4v) is 6.49. The first-order chi connectivity index (χ1) is 18.5. The number of aromatic nitrogens is 4. The van der Waals surface area contributed by atoms with Crippen LogP contribution in [0.4, 0.5) is 16.2 Å². The quantitative estimate of drug-likeness (QED) is 0.192. The van der Waals surface area contributed by atoms with Gasteiger partial charge in [0.1, 0.15) is 24.0 Å². The Labute approximate surface area is 229 Å². The fourth-order valence-electron chi connectivity index (χ4n) is 4.07. The molecule has 0 aliphatic carbocycles. The molecule has 16 heteroatoms. The first-order valence-electron chi connectivity index (χ1n) is 12.1. The molecule has 2 aromatic heterocycles. The predicted octanol–water partition coefficient (Wildman–Crippen LogP) is 2.30. The molecule has 0 saturated carbocycles. The summed E-state index contributed by atoms with van der Waals surface area (Å²) in [5.41, 5.74) is 4.11. The van der Waals surface area contributed by atoms with Gasteiger partial charge in [-0.25, -0.2) is 14.5 Å². The molecule has 4 rings (SSSR count). The van der Waals surface area contributed by atoms with Gasteiger partial charge in [-0.05, 0) is 44.7 Å². The molecule has 0 bridgehead atoms. The summed E-state index contributed by atoms with van der Waals surface area (Å²) in [6, 6.07) is 7.78. The molecule has 0 radical (unpaired) electrons. The Morgan fingerprint density at radius 3 is 2.77 bits per heavy atom. The second-order valence-corrected chi connectivity index (χ2v) is 12.1. The van der Waals surface area contributed by atoms with Gasteiger partial charge in [-0.15, -0.1) is 0 Å². The fraction of sp³-hybridized carbons (Fsp3) is 0.478. The van der Waals surface area contributed by atoms with Crippen LogP contribution in [0.3, 0.4) is 0 Å². The first kappa shape index (κ1) is 29.1. The van der Waals surface area contributed by atoms with E-state index in [1.165, 1.54) is 17.8 Å². The number of nitrogen functional groups attached to an aromatic ring is 1. The maximum absolute atomic E-state index is 16.0. The van der Waals surface area contributed by atoms with E-state index in [0.717, 1.165) is 0 Å². The van der Waals surface area contributed by atoms with Crippen molar-refractivity contribution in [3.05, 3.63) is 36.7 Å². The van der Waals surface area contributed by atoms with Crippen molar-refractivity contribution in [3.63, 3.8) is 0 Å². The van der Waals surface area contributed by atoms with Crippen LogP contribution in [0, 0.1) is 0 Å². The molecule has 5 N–H and O–H groups in total. The zero-order valence-corrected chi connectivity index (χ0v) is 23.5. The monoisotopic (exact) mass is 583 g/mol. The number of para-hydroxylation sites is 1. The van der Waals surface area contributed by atoms with Crippen molar-refractivity contribution in [2.24, 2.45) is 0 Å². The third-order valence-electron chi connectivity index (χ3n) is 6.01. The number of ether oxygens (including phenoxy) is 2. The van der Waals surface area contributed by atoms with E-state index < -0.39 is 42.8 Å². The van der Waals surface area contributed by atoms with Crippen LogP contribution in [0.1, 0.15) is 27.0 Å². The minimum Gasteiger partial charge on any atom is -0.465 e. The van der Waals surface area contributed by atoms with Crippen molar-refractivity contribution in [2.75, 3.05) is 31.3 Å². The Morgan fingerprint density at radius 2 is 2.10 bits per heavy atom. The van der Waals surface area contributed by atoms with E-state index in [0.29, 0.717) is 17.1 Å². The van der Waals surface area contributed by atoms with Crippen LogP contribution in [-0.4, -0.2) is 74.8 Å². The van der Waals surface area contributed by atoms with Crippen LogP contribution in [0.15, 0.2) is 36.7 Å². The number of nitrogens with one attached hydrogen (secondary N) is 2. The van der Waals surface area contributed by atoms with Gasteiger partial charge in [0.2, 0.25) is 5.95 Å². The number of fused-ring (bicyclic) bond motifs is 1. The summed E-state index contributed by atoms with van der Waals surface area (Å²) >= 11 is 5.67. The summed E-state index contributed by atoms with van der Waals surface area (Å²) in [6.45, 7) is 0.851. The molecule has 0 amide bonds. The third kappa shape index (κ3) is 6.13. The second-order valence-electron chi connectivity index (χ2n) is 8.93. The second kappa shape index (κ2) is 11.7. The number of aliphatic hydroxyl groups excluding tert-OH is 1. The smallest absolute Gasteiger partial charge is 0.323 e. The molecule has 39 heavy (non-hydrogen) atoms. The average molecular weight is 584 g/mol. The van der Waals surface area contributed by atoms with Gasteiger partial charge in [0, 0.05) is 7.05 Å². The molecular weight excluding hydrogens is 552 g/mol. The molecule has 1 saturated heterocycles. The van der Waals surface area contributed by atoms with E-state index in [1.54, 1.807) is 51.2 Å². The molecule has 1 aliphatic heterocycles. The number of anilines is 2. The summed E-state index contributed by atoms with van der Waals surface area (Å²) in [5, 5.41) is 16.7. The molecule has 1 fully saturated rings. The van der Waals surface area contributed by atoms with Gasteiger partial charge in [-0.2, -0.15) is 9.97 Å². The van der Waals surface area contributed by atoms with Crippen LogP contribution in [0.2, 0.25) is 0 Å². The van der Waals surface area contributed by atoms with Crippen molar-refractivity contribution in [1.29, 1.82) is 0 Å². The Kier molecular flexibility index (Phi) is 8.69. The number of benzene rings is 1. The van der Waals surface area contributed by atoms with E-state index in [2.05, 4.69) is 25.4 Å². The minimum absolute atomic E-state index is 0.0480. The number of nitrogens with two attached hydrogens (primary N) is 1. The van der Waals surface area contributed by atoms with Crippen LogP contribution in [-0.2, 0) is 30.6 Å². The van der Waals surface area contributed by atoms with Crippen molar-refractivity contribution < 1.29 is 32.8 Å². The largest absolute Gasteiger partial charge is 0.465 e. The van der Waals surface area contributed by atoms with Crippen LogP contribution >= 0.6 is 6.64 Å². The summed E-state index contributed by atoms with van der Waals surface area (Å²) < 4.78 is 40.2. The normalized spacial score (nSPS) is 25.2. The highest BCUT2D eigenvalue weighted by molar-refractivity contribution is 8.09. The maximum Gasteiger partial charge on any atom is 0.323 e. The maximum atomic E-state index is 16.0. The molecule has 0 spiro atoms. The highest BCUT2D eigenvalue weighted by Gasteiger charge is 2.55. The number of halogens is 1. The number of esters is 1. The highest BCUT2D eigenvalue weighted by atomic mass is 32.5.